The normalized spacial score (nSPS) is 15.6. The fourth-order valence-corrected chi connectivity index (χ4v) is 2.29. The van der Waals surface area contributed by atoms with Gasteiger partial charge in [0.1, 0.15) is 0 Å². The van der Waals surface area contributed by atoms with Gasteiger partial charge in [-0.25, -0.2) is 0 Å². The molecule has 0 heterocycles. The summed E-state index contributed by atoms with van der Waals surface area (Å²) in [7, 11) is 0. The van der Waals surface area contributed by atoms with E-state index in [4.69, 9.17) is 11.0 Å². The van der Waals surface area contributed by atoms with Crippen LogP contribution in [0.4, 0.5) is 0 Å². The van der Waals surface area contributed by atoms with Crippen LogP contribution in [0.25, 0.3) is 0 Å². The fourth-order valence-electron chi connectivity index (χ4n) is 2.29. The molecule has 1 aliphatic rings. The van der Waals surface area contributed by atoms with Gasteiger partial charge in [-0.3, -0.25) is 4.79 Å². The molecule has 0 aliphatic heterocycles. The highest BCUT2D eigenvalue weighted by molar-refractivity contribution is 5.85. The lowest BCUT2D eigenvalue weighted by molar-refractivity contribution is -0.137. The molecule has 0 atom stereocenters. The summed E-state index contributed by atoms with van der Waals surface area (Å²) < 4.78 is 0. The van der Waals surface area contributed by atoms with E-state index in [1.807, 2.05) is 25.1 Å². The lowest BCUT2D eigenvalue weighted by atomic mass is 10.0. The van der Waals surface area contributed by atoms with Crippen LogP contribution in [0, 0.1) is 16.7 Å². The zero-order chi connectivity index (χ0) is 13.9. The Bertz CT molecular complexity index is 514. The number of rotatable bonds is 5. The van der Waals surface area contributed by atoms with Crippen LogP contribution in [-0.2, 0) is 11.3 Å². The number of benzene rings is 1. The van der Waals surface area contributed by atoms with Gasteiger partial charge in [0.25, 0.3) is 0 Å². The van der Waals surface area contributed by atoms with E-state index in [0.717, 1.165) is 18.4 Å². The van der Waals surface area contributed by atoms with E-state index in [0.29, 0.717) is 25.2 Å². The minimum atomic E-state index is -0.322. The number of carbonyl (C=O) groups excluding carboxylic acids is 1. The van der Waals surface area contributed by atoms with Crippen molar-refractivity contribution in [2.75, 3.05) is 13.1 Å². The van der Waals surface area contributed by atoms with Gasteiger partial charge in [0, 0.05) is 19.6 Å². The third kappa shape index (κ3) is 2.61. The second kappa shape index (κ2) is 5.41. The molecule has 0 spiro atoms. The summed E-state index contributed by atoms with van der Waals surface area (Å²) in [6.07, 6.45) is 1.78. The molecular formula is C15H19N3O. The van der Waals surface area contributed by atoms with Gasteiger partial charge in [-0.1, -0.05) is 18.2 Å². The largest absolute Gasteiger partial charge is 0.338 e. The summed E-state index contributed by atoms with van der Waals surface area (Å²) >= 11 is 0. The molecule has 1 aromatic carbocycles. The monoisotopic (exact) mass is 257 g/mol. The highest BCUT2D eigenvalue weighted by Crippen LogP contribution is 2.46. The van der Waals surface area contributed by atoms with E-state index in [-0.39, 0.29) is 11.3 Å². The Hall–Kier alpha value is -1.86. The van der Waals surface area contributed by atoms with Gasteiger partial charge < -0.3 is 10.6 Å². The maximum Gasteiger partial charge on any atom is 0.230 e. The Balaban J connectivity index is 2.16. The summed E-state index contributed by atoms with van der Waals surface area (Å²) in [6.45, 7) is 3.50. The number of hydrogen-bond acceptors (Lipinski definition) is 3. The maximum absolute atomic E-state index is 12.5. The SMILES string of the molecule is CCN(Cc1ccccc1C#N)C(=O)C1(CN)CC1. The van der Waals surface area contributed by atoms with Gasteiger partial charge in [0.2, 0.25) is 5.91 Å². The summed E-state index contributed by atoms with van der Waals surface area (Å²) in [5.41, 5.74) is 6.92. The molecule has 0 aromatic heterocycles. The summed E-state index contributed by atoms with van der Waals surface area (Å²) in [6, 6.07) is 9.58. The summed E-state index contributed by atoms with van der Waals surface area (Å²) in [5, 5.41) is 9.09. The van der Waals surface area contributed by atoms with E-state index >= 15 is 0 Å². The van der Waals surface area contributed by atoms with Crippen LogP contribution in [0.3, 0.4) is 0 Å². The Kier molecular flexibility index (Phi) is 3.87. The van der Waals surface area contributed by atoms with E-state index < -0.39 is 0 Å². The predicted molar refractivity (Wildman–Crippen MR) is 73.0 cm³/mol. The number of nitrogens with zero attached hydrogens (tertiary/aromatic N) is 2. The molecule has 2 rings (SSSR count). The van der Waals surface area contributed by atoms with Gasteiger partial charge in [-0.05, 0) is 31.4 Å². The Morgan fingerprint density at radius 3 is 2.68 bits per heavy atom. The lowest BCUT2D eigenvalue weighted by Gasteiger charge is -2.26. The molecule has 4 heteroatoms. The molecule has 2 N–H and O–H groups in total. The molecule has 0 saturated heterocycles. The first-order valence-electron chi connectivity index (χ1n) is 6.64. The topological polar surface area (TPSA) is 70.1 Å². The van der Waals surface area contributed by atoms with Crippen molar-refractivity contribution in [2.45, 2.75) is 26.3 Å². The molecule has 1 amide bonds. The van der Waals surface area contributed by atoms with Crippen molar-refractivity contribution in [3.8, 4) is 6.07 Å². The number of nitrogens with two attached hydrogens (primary N) is 1. The molecular weight excluding hydrogens is 238 g/mol. The molecule has 1 fully saturated rings. The summed E-state index contributed by atoms with van der Waals surface area (Å²) in [4.78, 5) is 14.3. The molecule has 1 aromatic rings. The van der Waals surface area contributed by atoms with Crippen molar-refractivity contribution < 1.29 is 4.79 Å². The minimum absolute atomic E-state index is 0.130. The van der Waals surface area contributed by atoms with Crippen molar-refractivity contribution in [3.05, 3.63) is 35.4 Å². The van der Waals surface area contributed by atoms with E-state index in [2.05, 4.69) is 6.07 Å². The average Bonchev–Trinajstić information content (AvgIpc) is 3.25. The first kappa shape index (κ1) is 13.6. The first-order valence-corrected chi connectivity index (χ1v) is 6.64. The maximum atomic E-state index is 12.5. The number of amides is 1. The van der Waals surface area contributed by atoms with Crippen LogP contribution in [0.1, 0.15) is 30.9 Å². The minimum Gasteiger partial charge on any atom is -0.338 e. The van der Waals surface area contributed by atoms with Crippen molar-refractivity contribution in [3.63, 3.8) is 0 Å². The Morgan fingerprint density at radius 2 is 2.16 bits per heavy atom. The van der Waals surface area contributed by atoms with E-state index in [9.17, 15) is 4.79 Å². The van der Waals surface area contributed by atoms with Crippen LogP contribution in [0.15, 0.2) is 24.3 Å². The third-order valence-corrected chi connectivity index (χ3v) is 3.87. The molecule has 4 nitrogen and oxygen atoms in total. The molecule has 0 bridgehead atoms. The zero-order valence-electron chi connectivity index (χ0n) is 11.2. The standard InChI is InChI=1S/C15H19N3O/c1-2-18(14(19)15(11-17)7-8-15)10-13-6-4-3-5-12(13)9-16/h3-6H,2,7-8,10-11,17H2,1H3. The highest BCUT2D eigenvalue weighted by Gasteiger charge is 2.50. The third-order valence-electron chi connectivity index (χ3n) is 3.87. The van der Waals surface area contributed by atoms with Gasteiger partial charge in [-0.2, -0.15) is 5.26 Å². The van der Waals surface area contributed by atoms with E-state index in [1.54, 1.807) is 11.0 Å². The molecule has 1 saturated carbocycles. The van der Waals surface area contributed by atoms with Crippen LogP contribution in [0.5, 0.6) is 0 Å². The lowest BCUT2D eigenvalue weighted by Crippen LogP contribution is -2.40. The Morgan fingerprint density at radius 1 is 1.47 bits per heavy atom. The first-order chi connectivity index (χ1) is 9.16. The van der Waals surface area contributed by atoms with Gasteiger partial charge >= 0.3 is 0 Å². The van der Waals surface area contributed by atoms with Gasteiger partial charge in [-0.15, -0.1) is 0 Å². The van der Waals surface area contributed by atoms with Crippen molar-refractivity contribution in [2.24, 2.45) is 11.1 Å². The van der Waals surface area contributed by atoms with Crippen LogP contribution >= 0.6 is 0 Å². The average molecular weight is 257 g/mol. The fraction of sp³-hybridized carbons (Fsp3) is 0.467. The Labute approximate surface area is 113 Å². The molecule has 0 radical (unpaired) electrons. The summed E-state index contributed by atoms with van der Waals surface area (Å²) in [5.74, 6) is 0.130. The predicted octanol–water partition coefficient (Wildman–Crippen LogP) is 1.65. The van der Waals surface area contributed by atoms with Crippen LogP contribution < -0.4 is 5.73 Å². The van der Waals surface area contributed by atoms with Crippen LogP contribution in [0.2, 0.25) is 0 Å². The number of hydrogen-bond donors (Lipinski definition) is 1. The zero-order valence-corrected chi connectivity index (χ0v) is 11.2. The molecule has 0 unspecified atom stereocenters. The molecule has 19 heavy (non-hydrogen) atoms. The van der Waals surface area contributed by atoms with Gasteiger partial charge in [0.15, 0.2) is 0 Å². The van der Waals surface area contributed by atoms with Crippen molar-refractivity contribution >= 4 is 5.91 Å². The van der Waals surface area contributed by atoms with E-state index in [1.165, 1.54) is 0 Å². The van der Waals surface area contributed by atoms with Crippen molar-refractivity contribution in [1.29, 1.82) is 5.26 Å². The number of nitriles is 1. The van der Waals surface area contributed by atoms with Crippen LogP contribution in [-0.4, -0.2) is 23.9 Å². The van der Waals surface area contributed by atoms with Crippen molar-refractivity contribution in [1.82, 2.24) is 4.90 Å². The quantitative estimate of drug-likeness (QED) is 0.871. The smallest absolute Gasteiger partial charge is 0.230 e. The number of carbonyl (C=O) groups is 1. The molecule has 100 valence electrons. The van der Waals surface area contributed by atoms with Gasteiger partial charge in [0.05, 0.1) is 17.0 Å². The molecule has 1 aliphatic carbocycles. The second-order valence-corrected chi connectivity index (χ2v) is 5.07. The second-order valence-electron chi connectivity index (χ2n) is 5.07. The highest BCUT2D eigenvalue weighted by atomic mass is 16.2.